The molecular weight excluding hydrogens is 380 g/mol. The average molecular weight is 421 g/mol. The molecular formula is C25H40O5. The smallest absolute Gasteiger partial charge is 0.309 e. The number of hydrogen-bond acceptors (Lipinski definition) is 3. The van der Waals surface area contributed by atoms with Crippen LogP contribution in [-0.4, -0.2) is 27.3 Å². The third kappa shape index (κ3) is 8.76. The summed E-state index contributed by atoms with van der Waals surface area (Å²) in [5.74, 6) is -1.14. The molecule has 5 nitrogen and oxygen atoms in total. The number of phenolic OH excluding ortho intramolecular Hbond substituents is 1. The van der Waals surface area contributed by atoms with Crippen LogP contribution >= 0.6 is 0 Å². The largest absolute Gasteiger partial charge is 0.508 e. The summed E-state index contributed by atoms with van der Waals surface area (Å²) in [6.07, 6.45) is 9.83. The quantitative estimate of drug-likeness (QED) is 0.293. The molecule has 5 heteroatoms. The van der Waals surface area contributed by atoms with Crippen molar-refractivity contribution in [1.82, 2.24) is 0 Å². The van der Waals surface area contributed by atoms with Crippen LogP contribution in [0.3, 0.4) is 0 Å². The lowest BCUT2D eigenvalue weighted by molar-refractivity contribution is -0.148. The zero-order valence-electron chi connectivity index (χ0n) is 19.2. The van der Waals surface area contributed by atoms with E-state index in [4.69, 9.17) is 5.11 Å². The first kappa shape index (κ1) is 26.0. The predicted molar refractivity (Wildman–Crippen MR) is 120 cm³/mol. The first-order valence-corrected chi connectivity index (χ1v) is 11.2. The number of aryl methyl sites for hydroxylation is 1. The van der Waals surface area contributed by atoms with Crippen LogP contribution < -0.4 is 0 Å². The molecule has 0 spiro atoms. The topological polar surface area (TPSA) is 94.8 Å². The second kappa shape index (κ2) is 12.0. The van der Waals surface area contributed by atoms with Crippen molar-refractivity contribution in [3.05, 3.63) is 29.3 Å². The van der Waals surface area contributed by atoms with Gasteiger partial charge in [-0.3, -0.25) is 9.59 Å². The minimum atomic E-state index is -0.746. The van der Waals surface area contributed by atoms with Gasteiger partial charge in [-0.2, -0.15) is 0 Å². The first-order valence-electron chi connectivity index (χ1n) is 11.2. The SMILES string of the molecule is CC(C)(CCCCCCc1c(O)cccc1CCCCCC(C)(C)C(=O)O)C(=O)O. The number of carboxylic acid groups (broad SMARTS) is 2. The Morgan fingerprint density at radius 2 is 1.20 bits per heavy atom. The number of hydrogen-bond donors (Lipinski definition) is 3. The molecule has 0 aliphatic carbocycles. The molecule has 0 aromatic heterocycles. The molecule has 3 N–H and O–H groups in total. The molecule has 0 fully saturated rings. The Balaban J connectivity index is 2.40. The highest BCUT2D eigenvalue weighted by Crippen LogP contribution is 2.28. The molecule has 0 saturated carbocycles. The van der Waals surface area contributed by atoms with Gasteiger partial charge in [-0.25, -0.2) is 0 Å². The second-order valence-electron chi connectivity index (χ2n) is 9.77. The fourth-order valence-electron chi connectivity index (χ4n) is 3.64. The molecule has 1 aromatic carbocycles. The van der Waals surface area contributed by atoms with Gasteiger partial charge in [0.2, 0.25) is 0 Å². The summed E-state index contributed by atoms with van der Waals surface area (Å²) in [7, 11) is 0. The van der Waals surface area contributed by atoms with Gasteiger partial charge in [-0.15, -0.1) is 0 Å². The Bertz CT molecular complexity index is 691. The number of carbonyl (C=O) groups is 2. The fraction of sp³-hybridized carbons (Fsp3) is 0.680. The molecule has 0 atom stereocenters. The van der Waals surface area contributed by atoms with Gasteiger partial charge >= 0.3 is 11.9 Å². The van der Waals surface area contributed by atoms with Crippen LogP contribution in [-0.2, 0) is 22.4 Å². The maximum atomic E-state index is 11.2. The summed E-state index contributed by atoms with van der Waals surface area (Å²) in [4.78, 5) is 22.3. The lowest BCUT2D eigenvalue weighted by atomic mass is 9.86. The zero-order chi connectivity index (χ0) is 22.8. The van der Waals surface area contributed by atoms with Crippen molar-refractivity contribution < 1.29 is 24.9 Å². The van der Waals surface area contributed by atoms with Crippen LogP contribution in [0.4, 0.5) is 0 Å². The van der Waals surface area contributed by atoms with Crippen molar-refractivity contribution in [2.45, 2.75) is 98.3 Å². The summed E-state index contributed by atoms with van der Waals surface area (Å²) in [6, 6.07) is 5.70. The van der Waals surface area contributed by atoms with Gasteiger partial charge in [0, 0.05) is 0 Å². The van der Waals surface area contributed by atoms with Gasteiger partial charge in [0.15, 0.2) is 0 Å². The van der Waals surface area contributed by atoms with Crippen molar-refractivity contribution in [3.8, 4) is 5.75 Å². The molecule has 0 aliphatic rings. The molecule has 1 aromatic rings. The second-order valence-corrected chi connectivity index (χ2v) is 9.77. The highest BCUT2D eigenvalue weighted by Gasteiger charge is 2.26. The van der Waals surface area contributed by atoms with Crippen molar-refractivity contribution in [2.24, 2.45) is 10.8 Å². The molecule has 0 unspecified atom stereocenters. The van der Waals surface area contributed by atoms with Crippen LogP contribution in [0.2, 0.25) is 0 Å². The van der Waals surface area contributed by atoms with E-state index in [0.29, 0.717) is 18.6 Å². The van der Waals surface area contributed by atoms with E-state index >= 15 is 0 Å². The van der Waals surface area contributed by atoms with E-state index in [9.17, 15) is 19.8 Å². The van der Waals surface area contributed by atoms with Crippen LogP contribution in [0.5, 0.6) is 5.75 Å². The third-order valence-electron chi connectivity index (χ3n) is 6.13. The number of carboxylic acids is 2. The Hall–Kier alpha value is -2.04. The number of aliphatic carboxylic acids is 2. The number of unbranched alkanes of at least 4 members (excludes halogenated alkanes) is 5. The summed E-state index contributed by atoms with van der Waals surface area (Å²) in [5.41, 5.74) is 0.870. The van der Waals surface area contributed by atoms with E-state index in [0.717, 1.165) is 63.4 Å². The van der Waals surface area contributed by atoms with Crippen LogP contribution in [0.1, 0.15) is 96.6 Å². The molecule has 170 valence electrons. The maximum absolute atomic E-state index is 11.2. The molecule has 0 heterocycles. The lowest BCUT2D eigenvalue weighted by Crippen LogP contribution is -2.23. The van der Waals surface area contributed by atoms with Gasteiger partial charge in [0.05, 0.1) is 10.8 Å². The van der Waals surface area contributed by atoms with Crippen LogP contribution in [0.15, 0.2) is 18.2 Å². The third-order valence-corrected chi connectivity index (χ3v) is 6.13. The Morgan fingerprint density at radius 3 is 1.73 bits per heavy atom. The van der Waals surface area contributed by atoms with Crippen molar-refractivity contribution in [1.29, 1.82) is 0 Å². The summed E-state index contributed by atoms with van der Waals surface area (Å²) >= 11 is 0. The highest BCUT2D eigenvalue weighted by atomic mass is 16.4. The summed E-state index contributed by atoms with van der Waals surface area (Å²) in [6.45, 7) is 7.08. The Morgan fingerprint density at radius 1 is 0.733 bits per heavy atom. The van der Waals surface area contributed by atoms with Crippen molar-refractivity contribution >= 4 is 11.9 Å². The molecule has 0 amide bonds. The molecule has 30 heavy (non-hydrogen) atoms. The normalized spacial score (nSPS) is 12.1. The van der Waals surface area contributed by atoms with E-state index in [2.05, 4.69) is 6.07 Å². The average Bonchev–Trinajstić information content (AvgIpc) is 2.65. The van der Waals surface area contributed by atoms with Crippen LogP contribution in [0, 0.1) is 10.8 Å². The predicted octanol–water partition coefficient (Wildman–Crippen LogP) is 6.21. The van der Waals surface area contributed by atoms with Crippen LogP contribution in [0.25, 0.3) is 0 Å². The molecule has 1 rings (SSSR count). The minimum absolute atomic E-state index is 0.353. The monoisotopic (exact) mass is 420 g/mol. The van der Waals surface area contributed by atoms with Gasteiger partial charge in [-0.1, -0.05) is 44.2 Å². The number of rotatable bonds is 15. The van der Waals surface area contributed by atoms with E-state index in [1.165, 1.54) is 5.56 Å². The van der Waals surface area contributed by atoms with Crippen molar-refractivity contribution in [3.63, 3.8) is 0 Å². The Kier molecular flexibility index (Phi) is 10.4. The molecule has 0 radical (unpaired) electrons. The maximum Gasteiger partial charge on any atom is 0.309 e. The number of benzene rings is 1. The standard InChI is InChI=1S/C25H40O5/c1-24(2,22(27)28)17-10-6-5-9-15-20-19(14-12-16-21(20)26)13-8-7-11-18-25(3,4)23(29)30/h12,14,16,26H,5-11,13,15,17-18H2,1-4H3,(H,27,28)(H,29,30). The first-order chi connectivity index (χ1) is 14.0. The minimum Gasteiger partial charge on any atom is -0.508 e. The van der Waals surface area contributed by atoms with Crippen molar-refractivity contribution in [2.75, 3.05) is 0 Å². The lowest BCUT2D eigenvalue weighted by Gasteiger charge is -2.18. The van der Waals surface area contributed by atoms with Gasteiger partial charge < -0.3 is 15.3 Å². The van der Waals surface area contributed by atoms with E-state index < -0.39 is 22.8 Å². The molecule has 0 saturated heterocycles. The fourth-order valence-corrected chi connectivity index (χ4v) is 3.64. The van der Waals surface area contributed by atoms with Gasteiger partial charge in [-0.05, 0) is 83.4 Å². The summed E-state index contributed by atoms with van der Waals surface area (Å²) in [5, 5.41) is 28.7. The van der Waals surface area contributed by atoms with Gasteiger partial charge in [0.25, 0.3) is 0 Å². The number of phenols is 1. The number of aromatic hydroxyl groups is 1. The zero-order valence-corrected chi connectivity index (χ0v) is 19.2. The van der Waals surface area contributed by atoms with E-state index in [1.807, 2.05) is 6.07 Å². The Labute approximate surface area is 181 Å². The van der Waals surface area contributed by atoms with Gasteiger partial charge in [0.1, 0.15) is 5.75 Å². The van der Waals surface area contributed by atoms with E-state index in [-0.39, 0.29) is 0 Å². The molecule has 0 bridgehead atoms. The summed E-state index contributed by atoms with van der Waals surface area (Å²) < 4.78 is 0. The highest BCUT2D eigenvalue weighted by molar-refractivity contribution is 5.73. The van der Waals surface area contributed by atoms with E-state index in [1.54, 1.807) is 33.8 Å². The molecule has 0 aliphatic heterocycles.